The number of nitrogens with one attached hydrogen (secondary N) is 1. The van der Waals surface area contributed by atoms with Gasteiger partial charge in [0, 0.05) is 13.2 Å². The van der Waals surface area contributed by atoms with Crippen molar-refractivity contribution in [2.24, 2.45) is 0 Å². The highest BCUT2D eigenvalue weighted by atomic mass is 35.5. The van der Waals surface area contributed by atoms with Crippen LogP contribution >= 0.6 is 35.1 Å². The van der Waals surface area contributed by atoms with Crippen LogP contribution in [-0.4, -0.2) is 71.6 Å². The molecule has 6 atom stereocenters. The van der Waals surface area contributed by atoms with Gasteiger partial charge in [-0.25, -0.2) is 22.9 Å². The summed E-state index contributed by atoms with van der Waals surface area (Å²) in [5, 5.41) is 12.8. The van der Waals surface area contributed by atoms with Crippen molar-refractivity contribution in [1.29, 1.82) is 0 Å². The Bertz CT molecular complexity index is 1040. The third-order valence-corrected chi connectivity index (χ3v) is 8.18. The van der Waals surface area contributed by atoms with E-state index in [1.54, 1.807) is 0 Å². The van der Waals surface area contributed by atoms with Gasteiger partial charge in [-0.15, -0.1) is 11.6 Å². The number of anilines is 1. The van der Waals surface area contributed by atoms with Crippen LogP contribution in [-0.2, 0) is 31.6 Å². The number of aliphatic hydroxyl groups excluding tert-OH is 1. The summed E-state index contributed by atoms with van der Waals surface area (Å²) in [7, 11) is -15.5. The fraction of sp³-hybridized carbons (Fsp3) is 0.636. The number of aliphatic hydroxyl groups is 1. The Morgan fingerprint density at radius 1 is 1.28 bits per heavy atom. The van der Waals surface area contributed by atoms with E-state index in [0.717, 1.165) is 6.20 Å². The molecule has 1 aliphatic rings. The smallest absolute Gasteiger partial charge is 0.387 e. The van der Waals surface area contributed by atoms with E-state index in [9.17, 15) is 32.9 Å². The van der Waals surface area contributed by atoms with Crippen molar-refractivity contribution in [3.8, 4) is 0 Å². The summed E-state index contributed by atoms with van der Waals surface area (Å²) >= 11 is 5.73. The monoisotopic (exact) mass is 547 g/mol. The molecule has 0 aliphatic carbocycles. The van der Waals surface area contributed by atoms with Gasteiger partial charge in [-0.3, -0.25) is 9.09 Å². The van der Waals surface area contributed by atoms with Gasteiger partial charge in [0.15, 0.2) is 12.4 Å². The molecule has 2 rings (SSSR count). The highest BCUT2D eigenvalue weighted by molar-refractivity contribution is 7.66. The Morgan fingerprint density at radius 3 is 2.41 bits per heavy atom. The zero-order valence-corrected chi connectivity index (χ0v) is 19.2. The van der Waals surface area contributed by atoms with E-state index in [1.807, 2.05) is 0 Å². The van der Waals surface area contributed by atoms with Gasteiger partial charge < -0.3 is 34.7 Å². The van der Waals surface area contributed by atoms with Gasteiger partial charge in [-0.1, -0.05) is 0 Å². The van der Waals surface area contributed by atoms with Crippen molar-refractivity contribution >= 4 is 40.9 Å². The van der Waals surface area contributed by atoms with Crippen molar-refractivity contribution in [2.75, 3.05) is 24.9 Å². The molecule has 16 nitrogen and oxygen atoms in total. The molecule has 1 fully saturated rings. The van der Waals surface area contributed by atoms with Crippen LogP contribution in [0.2, 0.25) is 0 Å². The van der Waals surface area contributed by atoms with Crippen LogP contribution < -0.4 is 11.0 Å². The van der Waals surface area contributed by atoms with E-state index < -0.39 is 65.7 Å². The second-order valence-corrected chi connectivity index (χ2v) is 10.9. The SMILES string of the molecule is CNc1ccn([C@@H]2O[C@](CCl)(COP(=O)(O)OP(=O)(O)OP(=O)(O)O)[C@H](O)[C@@H]2F)c(=O)n1. The van der Waals surface area contributed by atoms with Gasteiger partial charge in [0.1, 0.15) is 17.5 Å². The first-order valence-electron chi connectivity index (χ1n) is 8.16. The molecule has 0 amide bonds. The minimum Gasteiger partial charge on any atom is -0.387 e. The van der Waals surface area contributed by atoms with Gasteiger partial charge in [0.05, 0.1) is 12.5 Å². The van der Waals surface area contributed by atoms with Gasteiger partial charge in [-0.05, 0) is 6.07 Å². The fourth-order valence-corrected chi connectivity index (χ4v) is 5.91. The van der Waals surface area contributed by atoms with Gasteiger partial charge in [0.25, 0.3) is 0 Å². The van der Waals surface area contributed by atoms with Gasteiger partial charge >= 0.3 is 29.2 Å². The van der Waals surface area contributed by atoms with Crippen LogP contribution in [0.5, 0.6) is 0 Å². The third-order valence-electron chi connectivity index (χ3n) is 3.94. The summed E-state index contributed by atoms with van der Waals surface area (Å²) in [4.78, 5) is 51.4. The zero-order valence-electron chi connectivity index (χ0n) is 15.8. The van der Waals surface area contributed by atoms with Crippen LogP contribution in [0, 0.1) is 0 Å². The van der Waals surface area contributed by atoms with Crippen LogP contribution in [0.3, 0.4) is 0 Å². The lowest BCUT2D eigenvalue weighted by Crippen LogP contribution is -2.47. The van der Waals surface area contributed by atoms with Gasteiger partial charge in [0.2, 0.25) is 0 Å². The summed E-state index contributed by atoms with van der Waals surface area (Å²) in [6.07, 6.45) is -5.14. The van der Waals surface area contributed by atoms with Crippen LogP contribution in [0.1, 0.15) is 6.23 Å². The number of alkyl halides is 2. The lowest BCUT2D eigenvalue weighted by Gasteiger charge is -2.29. The quantitative estimate of drug-likeness (QED) is 0.165. The summed E-state index contributed by atoms with van der Waals surface area (Å²) in [6, 6.07) is 1.29. The van der Waals surface area contributed by atoms with E-state index in [1.165, 1.54) is 13.1 Å². The van der Waals surface area contributed by atoms with Crippen molar-refractivity contribution in [2.45, 2.75) is 24.1 Å². The molecule has 6 N–H and O–H groups in total. The predicted molar refractivity (Wildman–Crippen MR) is 102 cm³/mol. The number of nitrogens with zero attached hydrogens (tertiary/aromatic N) is 2. The Morgan fingerprint density at radius 2 is 1.91 bits per heavy atom. The maximum Gasteiger partial charge on any atom is 0.490 e. The number of hydrogen-bond donors (Lipinski definition) is 6. The second kappa shape index (κ2) is 9.84. The van der Waals surface area contributed by atoms with Crippen molar-refractivity contribution in [3.05, 3.63) is 22.7 Å². The fourth-order valence-electron chi connectivity index (χ4n) is 2.54. The first-order chi connectivity index (χ1) is 14.5. The first-order valence-corrected chi connectivity index (χ1v) is 13.2. The maximum absolute atomic E-state index is 14.7. The molecule has 1 saturated heterocycles. The van der Waals surface area contributed by atoms with Gasteiger partial charge in [-0.2, -0.15) is 13.6 Å². The van der Waals surface area contributed by atoms with Crippen molar-refractivity contribution in [1.82, 2.24) is 9.55 Å². The van der Waals surface area contributed by atoms with E-state index >= 15 is 0 Å². The number of phosphoric ester groups is 1. The molecule has 32 heavy (non-hydrogen) atoms. The Balaban J connectivity index is 2.21. The molecule has 2 heterocycles. The van der Waals surface area contributed by atoms with Crippen LogP contribution in [0.25, 0.3) is 0 Å². The maximum atomic E-state index is 14.7. The highest BCUT2D eigenvalue weighted by Crippen LogP contribution is 2.66. The summed E-state index contributed by atoms with van der Waals surface area (Å²) < 4.78 is 66.1. The molecule has 0 aromatic carbocycles. The normalized spacial score (nSPS) is 29.9. The van der Waals surface area contributed by atoms with E-state index in [-0.39, 0.29) is 5.82 Å². The number of rotatable bonds is 10. The molecule has 0 spiro atoms. The standard InChI is InChI=1S/C11H18ClFN3O13P3/c1-14-6-2-3-16(10(18)15-6)9-7(13)8(17)11(4-12,27-9)5-26-31(22,23)29-32(24,25)28-30(19,20)21/h2-3,7-9,17H,4-5H2,1H3,(H,22,23)(H,24,25)(H,14,15,18)(H2,19,20,21)/t7-,8+,9+,11+/m0/s1. The molecule has 2 unspecified atom stereocenters. The summed E-state index contributed by atoms with van der Waals surface area (Å²) in [5.74, 6) is -0.617. The molecule has 1 aromatic heterocycles. The predicted octanol–water partition coefficient (Wildman–Crippen LogP) is -0.166. The first kappa shape index (κ1) is 27.5. The second-order valence-electron chi connectivity index (χ2n) is 6.21. The van der Waals surface area contributed by atoms with E-state index in [0.29, 0.717) is 4.57 Å². The minimum absolute atomic E-state index is 0.150. The number of hydrogen-bond acceptors (Lipinski definition) is 11. The lowest BCUT2D eigenvalue weighted by atomic mass is 9.99. The zero-order chi connectivity index (χ0) is 24.5. The topological polar surface area (TPSA) is 236 Å². The van der Waals surface area contributed by atoms with Crippen LogP contribution in [0.4, 0.5) is 10.2 Å². The molecule has 0 saturated carbocycles. The highest BCUT2D eigenvalue weighted by Gasteiger charge is 2.57. The average molecular weight is 548 g/mol. The van der Waals surface area contributed by atoms with E-state index in [2.05, 4.69) is 23.4 Å². The molecule has 184 valence electrons. The number of halogens is 2. The largest absolute Gasteiger partial charge is 0.490 e. The number of ether oxygens (including phenoxy) is 1. The Kier molecular flexibility index (Phi) is 8.45. The van der Waals surface area contributed by atoms with Crippen molar-refractivity contribution < 1.29 is 60.6 Å². The summed E-state index contributed by atoms with van der Waals surface area (Å²) in [6.45, 7) is -1.23. The molecule has 1 aromatic rings. The molecule has 0 bridgehead atoms. The van der Waals surface area contributed by atoms with Crippen molar-refractivity contribution in [3.63, 3.8) is 0 Å². The van der Waals surface area contributed by atoms with E-state index in [4.69, 9.17) is 31.0 Å². The number of phosphoric acid groups is 3. The lowest BCUT2D eigenvalue weighted by molar-refractivity contribution is -0.113. The Labute approximate surface area is 183 Å². The molecular formula is C11H18ClFN3O13P3. The number of aromatic nitrogens is 2. The molecule has 21 heteroatoms. The summed E-state index contributed by atoms with van der Waals surface area (Å²) in [5.41, 5.74) is -3.24. The minimum atomic E-state index is -5.80. The molecular weight excluding hydrogens is 530 g/mol. The Hall–Kier alpha value is -0.770. The van der Waals surface area contributed by atoms with Crippen LogP contribution in [0.15, 0.2) is 17.1 Å². The molecule has 1 aliphatic heterocycles. The molecule has 0 radical (unpaired) electrons. The third kappa shape index (κ3) is 6.64. The average Bonchev–Trinajstić information content (AvgIpc) is 2.89.